The van der Waals surface area contributed by atoms with Crippen molar-refractivity contribution in [3.63, 3.8) is 0 Å². The van der Waals surface area contributed by atoms with Gasteiger partial charge in [-0.1, -0.05) is 45.4 Å². The topological polar surface area (TPSA) is 40.5 Å². The molecule has 0 radical (unpaired) electrons. The first-order valence-electron chi connectivity index (χ1n) is 7.70. The van der Waals surface area contributed by atoms with Crippen LogP contribution in [0, 0.1) is 0 Å². The number of carbonyl (C=O) groups excluding carboxylic acids is 1. The van der Waals surface area contributed by atoms with Gasteiger partial charge in [-0.2, -0.15) is 0 Å². The smallest absolute Gasteiger partial charge is 0.226 e. The number of phenolic OH excluding ortho intramolecular Hbond substituents is 1. The van der Waals surface area contributed by atoms with Crippen molar-refractivity contribution < 1.29 is 9.90 Å². The van der Waals surface area contributed by atoms with Crippen molar-refractivity contribution >= 4 is 11.6 Å². The lowest BCUT2D eigenvalue weighted by Gasteiger charge is -2.17. The highest BCUT2D eigenvalue weighted by atomic mass is 16.3. The summed E-state index contributed by atoms with van der Waals surface area (Å²) in [7, 11) is 1.79. The molecule has 1 amide bonds. The van der Waals surface area contributed by atoms with E-state index in [2.05, 4.69) is 6.92 Å². The number of rotatable bonds is 9. The molecule has 0 unspecified atom stereocenters. The fourth-order valence-corrected chi connectivity index (χ4v) is 2.22. The van der Waals surface area contributed by atoms with Gasteiger partial charge in [0.15, 0.2) is 0 Å². The summed E-state index contributed by atoms with van der Waals surface area (Å²) in [5.41, 5.74) is 0.829. The van der Waals surface area contributed by atoms with Crippen LogP contribution in [-0.2, 0) is 4.79 Å². The first-order valence-corrected chi connectivity index (χ1v) is 7.70. The van der Waals surface area contributed by atoms with Crippen molar-refractivity contribution in [2.45, 2.75) is 58.3 Å². The molecule has 0 aromatic heterocycles. The van der Waals surface area contributed by atoms with E-state index in [0.29, 0.717) is 6.42 Å². The minimum atomic E-state index is 0.143. The van der Waals surface area contributed by atoms with Gasteiger partial charge in [0, 0.05) is 19.2 Å². The monoisotopic (exact) mass is 277 g/mol. The van der Waals surface area contributed by atoms with E-state index >= 15 is 0 Å². The molecule has 1 aromatic rings. The number of hydrogen-bond acceptors (Lipinski definition) is 2. The molecule has 0 aliphatic rings. The summed E-state index contributed by atoms with van der Waals surface area (Å²) in [6.07, 6.45) is 9.14. The van der Waals surface area contributed by atoms with Gasteiger partial charge in [-0.05, 0) is 30.7 Å². The number of amides is 1. The van der Waals surface area contributed by atoms with Crippen molar-refractivity contribution in [1.29, 1.82) is 0 Å². The van der Waals surface area contributed by atoms with Crippen LogP contribution in [0.5, 0.6) is 5.75 Å². The van der Waals surface area contributed by atoms with Crippen molar-refractivity contribution in [2.24, 2.45) is 0 Å². The summed E-state index contributed by atoms with van der Waals surface area (Å²) in [4.78, 5) is 13.7. The lowest BCUT2D eigenvalue weighted by molar-refractivity contribution is -0.118. The van der Waals surface area contributed by atoms with Crippen LogP contribution in [0.15, 0.2) is 24.3 Å². The van der Waals surface area contributed by atoms with Crippen molar-refractivity contribution in [2.75, 3.05) is 11.9 Å². The fraction of sp³-hybridized carbons (Fsp3) is 0.588. The molecule has 0 fully saturated rings. The SMILES string of the molecule is CCCCCCCCCC(=O)N(C)c1ccc(O)cc1. The first-order chi connectivity index (χ1) is 9.65. The lowest BCUT2D eigenvalue weighted by atomic mass is 10.1. The standard InChI is InChI=1S/C17H27NO2/c1-3-4-5-6-7-8-9-10-17(20)18(2)15-11-13-16(19)14-12-15/h11-14,19H,3-10H2,1-2H3. The van der Waals surface area contributed by atoms with Crippen LogP contribution < -0.4 is 4.90 Å². The number of carbonyl (C=O) groups is 1. The summed E-state index contributed by atoms with van der Waals surface area (Å²) in [6, 6.07) is 6.73. The van der Waals surface area contributed by atoms with Crippen molar-refractivity contribution in [3.05, 3.63) is 24.3 Å². The highest BCUT2D eigenvalue weighted by Crippen LogP contribution is 2.18. The molecule has 112 valence electrons. The van der Waals surface area contributed by atoms with Gasteiger partial charge in [-0.25, -0.2) is 0 Å². The second kappa shape index (κ2) is 9.40. The Bertz CT molecular complexity index is 386. The van der Waals surface area contributed by atoms with E-state index < -0.39 is 0 Å². The molecule has 0 saturated heterocycles. The molecule has 0 saturated carbocycles. The average molecular weight is 277 g/mol. The minimum Gasteiger partial charge on any atom is -0.508 e. The van der Waals surface area contributed by atoms with Crippen LogP contribution >= 0.6 is 0 Å². The minimum absolute atomic E-state index is 0.143. The van der Waals surface area contributed by atoms with Crippen LogP contribution in [0.2, 0.25) is 0 Å². The Morgan fingerprint density at radius 3 is 2.15 bits per heavy atom. The maximum absolute atomic E-state index is 12.0. The summed E-state index contributed by atoms with van der Waals surface area (Å²) >= 11 is 0. The van der Waals surface area contributed by atoms with Gasteiger partial charge in [0.2, 0.25) is 5.91 Å². The molecule has 3 heteroatoms. The predicted octanol–water partition coefficient (Wildman–Crippen LogP) is 4.50. The third-order valence-electron chi connectivity index (χ3n) is 3.61. The molecule has 1 aromatic carbocycles. The number of anilines is 1. The Morgan fingerprint density at radius 2 is 1.55 bits per heavy atom. The third-order valence-corrected chi connectivity index (χ3v) is 3.61. The molecule has 0 bridgehead atoms. The second-order valence-electron chi connectivity index (χ2n) is 5.34. The van der Waals surface area contributed by atoms with Crippen LogP contribution in [0.4, 0.5) is 5.69 Å². The fourth-order valence-electron chi connectivity index (χ4n) is 2.22. The normalized spacial score (nSPS) is 10.5. The predicted molar refractivity (Wildman–Crippen MR) is 84.1 cm³/mol. The molecule has 0 aliphatic heterocycles. The van der Waals surface area contributed by atoms with E-state index in [0.717, 1.165) is 18.5 Å². The molecule has 0 atom stereocenters. The summed E-state index contributed by atoms with van der Waals surface area (Å²) < 4.78 is 0. The Kier molecular flexibility index (Phi) is 7.78. The second-order valence-corrected chi connectivity index (χ2v) is 5.34. The Hall–Kier alpha value is -1.51. The Labute approximate surface area is 122 Å². The highest BCUT2D eigenvalue weighted by Gasteiger charge is 2.10. The summed E-state index contributed by atoms with van der Waals surface area (Å²) in [6.45, 7) is 2.22. The number of benzene rings is 1. The van der Waals surface area contributed by atoms with Crippen LogP contribution in [0.25, 0.3) is 0 Å². The number of phenols is 1. The van der Waals surface area contributed by atoms with Gasteiger partial charge in [0.25, 0.3) is 0 Å². The molecular weight excluding hydrogens is 250 g/mol. The largest absolute Gasteiger partial charge is 0.508 e. The third kappa shape index (κ3) is 6.09. The quantitative estimate of drug-likeness (QED) is 0.675. The van der Waals surface area contributed by atoms with Crippen LogP contribution in [0.3, 0.4) is 0 Å². The number of hydrogen-bond donors (Lipinski definition) is 1. The van der Waals surface area contributed by atoms with E-state index in [1.807, 2.05) is 0 Å². The van der Waals surface area contributed by atoms with E-state index in [4.69, 9.17) is 0 Å². The zero-order valence-corrected chi connectivity index (χ0v) is 12.8. The number of aromatic hydroxyl groups is 1. The average Bonchev–Trinajstić information content (AvgIpc) is 2.46. The molecule has 1 rings (SSSR count). The molecule has 0 spiro atoms. The number of unbranched alkanes of at least 4 members (excludes halogenated alkanes) is 6. The molecule has 20 heavy (non-hydrogen) atoms. The zero-order chi connectivity index (χ0) is 14.8. The lowest BCUT2D eigenvalue weighted by Crippen LogP contribution is -2.25. The summed E-state index contributed by atoms with van der Waals surface area (Å²) in [5, 5.41) is 9.24. The van der Waals surface area contributed by atoms with Crippen LogP contribution in [-0.4, -0.2) is 18.1 Å². The van der Waals surface area contributed by atoms with Gasteiger partial charge < -0.3 is 10.0 Å². The zero-order valence-electron chi connectivity index (χ0n) is 12.8. The van der Waals surface area contributed by atoms with Gasteiger partial charge in [-0.3, -0.25) is 4.79 Å². The Morgan fingerprint density at radius 1 is 1.00 bits per heavy atom. The highest BCUT2D eigenvalue weighted by molar-refractivity contribution is 5.92. The van der Waals surface area contributed by atoms with Gasteiger partial charge >= 0.3 is 0 Å². The summed E-state index contributed by atoms with van der Waals surface area (Å²) in [5.74, 6) is 0.367. The van der Waals surface area contributed by atoms with E-state index in [1.165, 1.54) is 32.1 Å². The van der Waals surface area contributed by atoms with Crippen LogP contribution in [0.1, 0.15) is 58.3 Å². The van der Waals surface area contributed by atoms with Gasteiger partial charge in [0.05, 0.1) is 0 Å². The first kappa shape index (κ1) is 16.5. The molecule has 0 heterocycles. The van der Waals surface area contributed by atoms with E-state index in [-0.39, 0.29) is 11.7 Å². The maximum Gasteiger partial charge on any atom is 0.226 e. The van der Waals surface area contributed by atoms with Crippen molar-refractivity contribution in [1.82, 2.24) is 0 Å². The van der Waals surface area contributed by atoms with Crippen molar-refractivity contribution in [3.8, 4) is 5.75 Å². The molecule has 1 N–H and O–H groups in total. The molecule has 0 aliphatic carbocycles. The van der Waals surface area contributed by atoms with E-state index in [9.17, 15) is 9.90 Å². The molecule has 3 nitrogen and oxygen atoms in total. The Balaban J connectivity index is 2.20. The maximum atomic E-state index is 12.0. The van der Waals surface area contributed by atoms with Gasteiger partial charge in [-0.15, -0.1) is 0 Å². The molecular formula is C17H27NO2. The van der Waals surface area contributed by atoms with E-state index in [1.54, 1.807) is 36.2 Å². The number of nitrogens with zero attached hydrogens (tertiary/aromatic N) is 1. The van der Waals surface area contributed by atoms with Gasteiger partial charge in [0.1, 0.15) is 5.75 Å².